The second-order valence-corrected chi connectivity index (χ2v) is 8.76. The minimum absolute atomic E-state index is 0.0571. The molecule has 0 aromatic carbocycles. The summed E-state index contributed by atoms with van der Waals surface area (Å²) in [6, 6.07) is 5.00. The quantitative estimate of drug-likeness (QED) is 0.900. The van der Waals surface area contributed by atoms with Gasteiger partial charge in [-0.1, -0.05) is 26.8 Å². The summed E-state index contributed by atoms with van der Waals surface area (Å²) in [7, 11) is 0. The molecule has 0 radical (unpaired) electrons. The van der Waals surface area contributed by atoms with Crippen molar-refractivity contribution in [3.8, 4) is 0 Å². The molecule has 1 saturated carbocycles. The Bertz CT molecular complexity index is 592. The minimum Gasteiger partial charge on any atom is -0.340 e. The maximum atomic E-state index is 5.94. The molecule has 1 fully saturated rings. The van der Waals surface area contributed by atoms with Gasteiger partial charge in [0.1, 0.15) is 0 Å². The van der Waals surface area contributed by atoms with E-state index in [1.165, 1.54) is 28.3 Å². The summed E-state index contributed by atoms with van der Waals surface area (Å²) in [6.07, 6.45) is 2.57. The van der Waals surface area contributed by atoms with E-state index in [1.54, 1.807) is 11.3 Å². The van der Waals surface area contributed by atoms with E-state index in [1.807, 2.05) is 11.3 Å². The Labute approximate surface area is 134 Å². The SMILES string of the molecule is CC(C)(C)c1nc(N(Cc2cccs2)C2CC2)sc1CN. The molecule has 0 aliphatic heterocycles. The fraction of sp³-hybridized carbons (Fsp3) is 0.562. The van der Waals surface area contributed by atoms with Crippen molar-refractivity contribution < 1.29 is 0 Å². The molecule has 21 heavy (non-hydrogen) atoms. The Balaban J connectivity index is 1.91. The Morgan fingerprint density at radius 2 is 2.14 bits per heavy atom. The van der Waals surface area contributed by atoms with Crippen molar-refractivity contribution in [1.82, 2.24) is 4.98 Å². The smallest absolute Gasteiger partial charge is 0.186 e. The van der Waals surface area contributed by atoms with E-state index in [-0.39, 0.29) is 5.41 Å². The normalized spacial score (nSPS) is 15.4. The minimum atomic E-state index is 0.0571. The first-order chi connectivity index (χ1) is 9.99. The summed E-state index contributed by atoms with van der Waals surface area (Å²) < 4.78 is 0. The van der Waals surface area contributed by atoms with Gasteiger partial charge in [-0.05, 0) is 24.3 Å². The van der Waals surface area contributed by atoms with Gasteiger partial charge in [-0.2, -0.15) is 0 Å². The number of thiophene rings is 1. The van der Waals surface area contributed by atoms with Crippen LogP contribution in [0.3, 0.4) is 0 Å². The number of aromatic nitrogens is 1. The van der Waals surface area contributed by atoms with Crippen molar-refractivity contribution in [2.45, 2.75) is 58.2 Å². The lowest BCUT2D eigenvalue weighted by Gasteiger charge is -2.21. The topological polar surface area (TPSA) is 42.2 Å². The molecule has 1 aliphatic carbocycles. The molecule has 2 aromatic rings. The average molecular weight is 322 g/mol. The third-order valence-electron chi connectivity index (χ3n) is 3.72. The number of thiazole rings is 1. The number of hydrogen-bond donors (Lipinski definition) is 1. The van der Waals surface area contributed by atoms with E-state index in [2.05, 4.69) is 43.2 Å². The van der Waals surface area contributed by atoms with Crippen molar-refractivity contribution in [2.24, 2.45) is 5.73 Å². The zero-order chi connectivity index (χ0) is 15.0. The zero-order valence-corrected chi connectivity index (χ0v) is 14.6. The predicted molar refractivity (Wildman–Crippen MR) is 92.2 cm³/mol. The highest BCUT2D eigenvalue weighted by Gasteiger charge is 2.33. The van der Waals surface area contributed by atoms with Crippen LogP contribution < -0.4 is 10.6 Å². The molecule has 0 saturated heterocycles. The first kappa shape index (κ1) is 15.0. The molecule has 2 heterocycles. The van der Waals surface area contributed by atoms with E-state index >= 15 is 0 Å². The maximum absolute atomic E-state index is 5.94. The van der Waals surface area contributed by atoms with E-state index in [9.17, 15) is 0 Å². The van der Waals surface area contributed by atoms with E-state index in [4.69, 9.17) is 10.7 Å². The molecule has 0 atom stereocenters. The summed E-state index contributed by atoms with van der Waals surface area (Å²) in [4.78, 5) is 10.1. The molecule has 0 spiro atoms. The molecule has 3 nitrogen and oxygen atoms in total. The first-order valence-electron chi connectivity index (χ1n) is 7.48. The maximum Gasteiger partial charge on any atom is 0.186 e. The fourth-order valence-electron chi connectivity index (χ4n) is 2.50. The molecule has 1 aliphatic rings. The largest absolute Gasteiger partial charge is 0.340 e. The molecule has 0 unspecified atom stereocenters. The number of nitrogens with zero attached hydrogens (tertiary/aromatic N) is 2. The number of hydrogen-bond acceptors (Lipinski definition) is 5. The Morgan fingerprint density at radius 3 is 2.62 bits per heavy atom. The van der Waals surface area contributed by atoms with Gasteiger partial charge in [-0.25, -0.2) is 4.98 Å². The van der Waals surface area contributed by atoms with Gasteiger partial charge in [0.2, 0.25) is 0 Å². The van der Waals surface area contributed by atoms with Crippen molar-refractivity contribution >= 4 is 27.8 Å². The van der Waals surface area contributed by atoms with Crippen LogP contribution in [0.5, 0.6) is 0 Å². The van der Waals surface area contributed by atoms with Crippen LogP contribution >= 0.6 is 22.7 Å². The Morgan fingerprint density at radius 1 is 1.38 bits per heavy atom. The summed E-state index contributed by atoms with van der Waals surface area (Å²) >= 11 is 3.60. The van der Waals surface area contributed by atoms with Crippen molar-refractivity contribution in [3.63, 3.8) is 0 Å². The lowest BCUT2D eigenvalue weighted by Crippen LogP contribution is -2.24. The summed E-state index contributed by atoms with van der Waals surface area (Å²) in [5.41, 5.74) is 7.17. The van der Waals surface area contributed by atoms with Crippen LogP contribution in [-0.2, 0) is 18.5 Å². The molecule has 2 N–H and O–H groups in total. The number of anilines is 1. The molecule has 0 amide bonds. The highest BCUT2D eigenvalue weighted by molar-refractivity contribution is 7.15. The third-order valence-corrected chi connectivity index (χ3v) is 5.70. The van der Waals surface area contributed by atoms with Gasteiger partial charge in [-0.15, -0.1) is 22.7 Å². The van der Waals surface area contributed by atoms with Crippen molar-refractivity contribution in [2.75, 3.05) is 4.90 Å². The summed E-state index contributed by atoms with van der Waals surface area (Å²) in [5.74, 6) is 0. The van der Waals surface area contributed by atoms with Crippen LogP contribution in [0.25, 0.3) is 0 Å². The van der Waals surface area contributed by atoms with E-state index < -0.39 is 0 Å². The molecular weight excluding hydrogens is 298 g/mol. The lowest BCUT2D eigenvalue weighted by molar-refractivity contribution is 0.565. The standard InChI is InChI=1S/C16H23N3S2/c1-16(2,3)14-13(9-17)21-15(18-14)19(11-6-7-11)10-12-5-4-8-20-12/h4-5,8,11H,6-7,9-10,17H2,1-3H3. The zero-order valence-electron chi connectivity index (χ0n) is 12.9. The summed E-state index contributed by atoms with van der Waals surface area (Å²) in [5, 5.41) is 3.30. The summed E-state index contributed by atoms with van der Waals surface area (Å²) in [6.45, 7) is 8.20. The van der Waals surface area contributed by atoms with Crippen LogP contribution in [0.1, 0.15) is 49.1 Å². The van der Waals surface area contributed by atoms with Crippen molar-refractivity contribution in [3.05, 3.63) is 33.0 Å². The van der Waals surface area contributed by atoms with Crippen LogP contribution in [0.15, 0.2) is 17.5 Å². The second-order valence-electron chi connectivity index (χ2n) is 6.66. The Hall–Kier alpha value is -0.910. The number of rotatable bonds is 5. The van der Waals surface area contributed by atoms with Gasteiger partial charge >= 0.3 is 0 Å². The van der Waals surface area contributed by atoms with E-state index in [0.717, 1.165) is 11.7 Å². The molecule has 2 aromatic heterocycles. The highest BCUT2D eigenvalue weighted by Crippen LogP contribution is 2.39. The van der Waals surface area contributed by atoms with Gasteiger partial charge in [0.15, 0.2) is 5.13 Å². The van der Waals surface area contributed by atoms with Crippen LogP contribution in [0, 0.1) is 0 Å². The molecule has 0 bridgehead atoms. The average Bonchev–Trinajstić information content (AvgIpc) is 2.97. The first-order valence-corrected chi connectivity index (χ1v) is 9.18. The molecule has 3 rings (SSSR count). The van der Waals surface area contributed by atoms with Crippen LogP contribution in [0.2, 0.25) is 0 Å². The lowest BCUT2D eigenvalue weighted by atomic mass is 9.91. The Kier molecular flexibility index (Phi) is 4.08. The monoisotopic (exact) mass is 321 g/mol. The predicted octanol–water partition coefficient (Wildman–Crippen LogP) is 4.13. The molecule has 5 heteroatoms. The van der Waals surface area contributed by atoms with Gasteiger partial charge in [0.25, 0.3) is 0 Å². The van der Waals surface area contributed by atoms with Crippen molar-refractivity contribution in [1.29, 1.82) is 0 Å². The molecule has 114 valence electrons. The third kappa shape index (κ3) is 3.30. The van der Waals surface area contributed by atoms with E-state index in [0.29, 0.717) is 12.6 Å². The van der Waals surface area contributed by atoms with Gasteiger partial charge < -0.3 is 10.6 Å². The van der Waals surface area contributed by atoms with Gasteiger partial charge in [-0.3, -0.25) is 0 Å². The van der Waals surface area contributed by atoms with Gasteiger partial charge in [0, 0.05) is 27.8 Å². The highest BCUT2D eigenvalue weighted by atomic mass is 32.1. The van der Waals surface area contributed by atoms with Crippen LogP contribution in [0.4, 0.5) is 5.13 Å². The fourth-order valence-corrected chi connectivity index (χ4v) is 4.42. The second kappa shape index (κ2) is 5.71. The molecular formula is C16H23N3S2. The van der Waals surface area contributed by atoms with Gasteiger partial charge in [0.05, 0.1) is 12.2 Å². The van der Waals surface area contributed by atoms with Crippen LogP contribution in [-0.4, -0.2) is 11.0 Å². The number of nitrogens with two attached hydrogens (primary N) is 1.